The van der Waals surface area contributed by atoms with Crippen molar-refractivity contribution in [3.63, 3.8) is 0 Å². The second-order valence-electron chi connectivity index (χ2n) is 23.9. The summed E-state index contributed by atoms with van der Waals surface area (Å²) < 4.78 is 25.0. The largest absolute Gasteiger partial charge is 0.506 e. The zero-order chi connectivity index (χ0) is 70.7. The summed E-state index contributed by atoms with van der Waals surface area (Å²) >= 11 is 42.8. The third-order valence-electron chi connectivity index (χ3n) is 16.0. The molecule has 17 nitrogen and oxygen atoms in total. The average Bonchev–Trinajstić information content (AvgIpc) is 1.79. The number of carboxylic acid groups (broad SMARTS) is 1. The molecule has 25 heteroatoms. The Balaban J connectivity index is 0.000000169. The van der Waals surface area contributed by atoms with E-state index in [1.807, 2.05) is 136 Å². The third-order valence-corrected chi connectivity index (χ3v) is 18.8. The van der Waals surface area contributed by atoms with Crippen LogP contribution in [0.25, 0.3) is 0 Å². The lowest BCUT2D eigenvalue weighted by molar-refractivity contribution is -0.141. The number of benzene rings is 5. The minimum absolute atomic E-state index is 0.0556. The number of phenolic OH excluding ortho intramolecular Hbond substituents is 1. The van der Waals surface area contributed by atoms with Crippen LogP contribution in [0.3, 0.4) is 0 Å². The first-order valence-corrected chi connectivity index (χ1v) is 35.9. The molecule has 1 aliphatic carbocycles. The van der Waals surface area contributed by atoms with E-state index in [4.69, 9.17) is 98.8 Å². The highest BCUT2D eigenvalue weighted by molar-refractivity contribution is 9.10. The minimum Gasteiger partial charge on any atom is -0.506 e. The van der Waals surface area contributed by atoms with Gasteiger partial charge in [0.05, 0.1) is 49.1 Å². The van der Waals surface area contributed by atoms with Crippen molar-refractivity contribution in [1.82, 2.24) is 30.2 Å². The lowest BCUT2D eigenvalue weighted by atomic mass is 10.00. The summed E-state index contributed by atoms with van der Waals surface area (Å²) in [5, 5.41) is 35.7. The van der Waals surface area contributed by atoms with Crippen LogP contribution < -0.4 is 34.1 Å². The number of aryl methyl sites for hydroxylation is 4. The SMILES string of the molecule is Cc1cccc(Cl)n1.Cc1cccc(Oc2cc(Br)ccc2Cl)n1.Cc1cccc(Oc2cc(N3CC[C@@H](C(=O)N[C@H](CN4CCCC4)[C@H](O)c4ccc(OC5CC5)c(Cl)c4)C3)ccc2Cl)n1.Cc1cccc(Oc2cc(N3CC[C@@H](C(=O)O)C3)ccc2Cl)n1.Oc1cc(Br)ccc1Cl. The molecule has 4 atom stereocenters. The van der Waals surface area contributed by atoms with E-state index in [0.717, 1.165) is 88.4 Å². The number of aliphatic hydroxyl groups is 1. The van der Waals surface area contributed by atoms with Gasteiger partial charge in [-0.1, -0.05) is 132 Å². The van der Waals surface area contributed by atoms with Gasteiger partial charge in [-0.25, -0.2) is 19.9 Å². The Bertz CT molecular complexity index is 4200. The summed E-state index contributed by atoms with van der Waals surface area (Å²) in [7, 11) is 0. The number of hydrogen-bond donors (Lipinski definition) is 4. The zero-order valence-electron chi connectivity index (χ0n) is 54.6. The number of halogens is 8. The van der Waals surface area contributed by atoms with Gasteiger partial charge in [0.1, 0.15) is 40.0 Å². The van der Waals surface area contributed by atoms with E-state index in [9.17, 15) is 14.7 Å². The number of rotatable bonds is 17. The van der Waals surface area contributed by atoms with Crippen LogP contribution in [0, 0.1) is 39.5 Å². The highest BCUT2D eigenvalue weighted by Crippen LogP contribution is 2.39. The third kappa shape index (κ3) is 23.7. The van der Waals surface area contributed by atoms with Gasteiger partial charge >= 0.3 is 5.97 Å². The number of carbonyl (C=O) groups excluding carboxylic acids is 1. The molecule has 520 valence electrons. The molecule has 4 aromatic heterocycles. The standard InChI is InChI=1S/C33H38Cl2N4O4.C17H17ClN2O3.C12H9BrClNO.C6H4BrClO.C6H6ClN/c1-21-5-4-6-31(36-21)43-30-18-24(8-11-26(30)34)39-16-13-23(19-39)33(41)37-28(20-38-14-2-3-15-38)32(40)22-7-12-29(27(35)17-22)42-25-9-10-25;1-11-3-2-4-16(19-11)23-15-9-13(5-6-14(15)18)20-8-7-12(10-20)17(21)22;1-8-3-2-4-12(15-8)16-11-7-9(13)5-6-10(11)14;7-4-1-2-5(8)6(9)3-4;1-5-3-2-4-6(7)8-5/h4-8,11-12,17-18,23,25,28,32,40H,2-3,9-10,13-16,19-20H2,1H3,(H,37,41);2-6,9,12H,7-8,10H2,1H3,(H,21,22);2-7H,1H3;1-3,9H;2-4H,1H3/t23-,28-,32-;12-;;;/m11.../s1. The molecule has 9 aromatic rings. The van der Waals surface area contributed by atoms with E-state index in [-0.39, 0.29) is 29.6 Å². The molecule has 3 aliphatic heterocycles. The fourth-order valence-electron chi connectivity index (χ4n) is 10.7. The van der Waals surface area contributed by atoms with Crippen molar-refractivity contribution in [2.75, 3.05) is 55.6 Å². The number of amides is 1. The molecule has 0 radical (unpaired) electrons. The Kier molecular flexibility index (Phi) is 28.4. The molecule has 4 aliphatic rings. The minimum atomic E-state index is -0.902. The van der Waals surface area contributed by atoms with Crippen LogP contribution in [0.5, 0.6) is 46.4 Å². The highest BCUT2D eigenvalue weighted by atomic mass is 79.9. The number of carboxylic acids is 1. The molecule has 99 heavy (non-hydrogen) atoms. The van der Waals surface area contributed by atoms with E-state index in [1.165, 1.54) is 0 Å². The smallest absolute Gasteiger partial charge is 0.308 e. The molecule has 4 fully saturated rings. The topological polar surface area (TPSA) is 205 Å². The molecule has 0 unspecified atom stereocenters. The van der Waals surface area contributed by atoms with Gasteiger partial charge in [0.25, 0.3) is 0 Å². The number of likely N-dealkylation sites (tertiary alicyclic amines) is 1. The molecule has 3 saturated heterocycles. The van der Waals surface area contributed by atoms with Gasteiger partial charge in [-0.15, -0.1) is 0 Å². The number of anilines is 2. The Morgan fingerprint density at radius 2 is 0.990 bits per heavy atom. The maximum Gasteiger partial charge on any atom is 0.308 e. The van der Waals surface area contributed by atoms with Crippen molar-refractivity contribution in [2.24, 2.45) is 11.8 Å². The normalized spacial score (nSPS) is 16.1. The second-order valence-corrected chi connectivity index (χ2v) is 28.2. The van der Waals surface area contributed by atoms with Gasteiger partial charge in [-0.05, 0) is 188 Å². The molecule has 13 rings (SSSR count). The fourth-order valence-corrected chi connectivity index (χ4v) is 12.4. The molecular formula is C74H74Br2Cl6N8O9. The summed E-state index contributed by atoms with van der Waals surface area (Å²) in [5.74, 6) is 2.52. The maximum absolute atomic E-state index is 13.6. The second kappa shape index (κ2) is 37.0. The molecule has 1 saturated carbocycles. The van der Waals surface area contributed by atoms with Gasteiger partial charge in [0, 0.05) is 106 Å². The predicted molar refractivity (Wildman–Crippen MR) is 400 cm³/mol. The molecule has 0 spiro atoms. The van der Waals surface area contributed by atoms with Crippen LogP contribution >= 0.6 is 101 Å². The van der Waals surface area contributed by atoms with Gasteiger partial charge < -0.3 is 54.3 Å². The van der Waals surface area contributed by atoms with E-state index in [1.54, 1.807) is 60.7 Å². The summed E-state index contributed by atoms with van der Waals surface area (Å²) in [6.07, 6.45) is 5.02. The zero-order valence-corrected chi connectivity index (χ0v) is 62.3. The number of aliphatic carboxylic acids is 1. The summed E-state index contributed by atoms with van der Waals surface area (Å²) in [4.78, 5) is 48.1. The predicted octanol–water partition coefficient (Wildman–Crippen LogP) is 19.4. The molecule has 4 N–H and O–H groups in total. The van der Waals surface area contributed by atoms with Gasteiger partial charge in [-0.3, -0.25) is 9.59 Å². The Labute approximate surface area is 623 Å². The van der Waals surface area contributed by atoms with Crippen LogP contribution in [0.4, 0.5) is 11.4 Å². The molecule has 5 aromatic carbocycles. The maximum atomic E-state index is 13.6. The van der Waals surface area contributed by atoms with Crippen molar-refractivity contribution in [2.45, 2.75) is 84.5 Å². The monoisotopic (exact) mass is 1590 g/mol. The Morgan fingerprint density at radius 1 is 0.525 bits per heavy atom. The number of aliphatic hydroxyl groups excluding tert-OH is 1. The lowest BCUT2D eigenvalue weighted by Crippen LogP contribution is -2.48. The molecular weight excluding hydrogens is 1520 g/mol. The van der Waals surface area contributed by atoms with E-state index < -0.39 is 18.1 Å². The van der Waals surface area contributed by atoms with Gasteiger partial charge in [0.2, 0.25) is 23.5 Å². The number of nitrogens with one attached hydrogen (secondary N) is 1. The first-order valence-electron chi connectivity index (χ1n) is 32.0. The number of ether oxygens (including phenoxy) is 4. The highest BCUT2D eigenvalue weighted by Gasteiger charge is 2.34. The summed E-state index contributed by atoms with van der Waals surface area (Å²) in [5.41, 5.74) is 6.08. The number of phenols is 1. The van der Waals surface area contributed by atoms with Crippen molar-refractivity contribution >= 4 is 125 Å². The number of aromatic hydroxyl groups is 1. The van der Waals surface area contributed by atoms with Crippen LogP contribution in [0.2, 0.25) is 30.3 Å². The van der Waals surface area contributed by atoms with Crippen molar-refractivity contribution < 1.29 is 43.9 Å². The number of nitrogens with zero attached hydrogens (tertiary/aromatic N) is 7. The number of aromatic nitrogens is 4. The Morgan fingerprint density at radius 3 is 1.43 bits per heavy atom. The van der Waals surface area contributed by atoms with Crippen molar-refractivity contribution in [3.05, 3.63) is 231 Å². The van der Waals surface area contributed by atoms with Crippen LogP contribution in [0.15, 0.2) is 173 Å². The molecule has 1 amide bonds. The first kappa shape index (κ1) is 76.0. The van der Waals surface area contributed by atoms with Crippen LogP contribution in [-0.4, -0.2) is 110 Å². The summed E-state index contributed by atoms with van der Waals surface area (Å²) in [6.45, 7) is 12.6. The first-order chi connectivity index (χ1) is 47.5. The van der Waals surface area contributed by atoms with Crippen LogP contribution in [0.1, 0.15) is 73.0 Å². The van der Waals surface area contributed by atoms with E-state index in [2.05, 4.69) is 66.9 Å². The van der Waals surface area contributed by atoms with E-state index >= 15 is 0 Å². The number of carbonyl (C=O) groups is 2. The lowest BCUT2D eigenvalue weighted by Gasteiger charge is -2.30. The van der Waals surface area contributed by atoms with E-state index in [0.29, 0.717) is 115 Å². The number of pyridine rings is 4. The number of hydrogen-bond acceptors (Lipinski definition) is 15. The van der Waals surface area contributed by atoms with Crippen LogP contribution in [-0.2, 0) is 9.59 Å². The molecule has 7 heterocycles. The fraction of sp³-hybridized carbons (Fsp3) is 0.297. The van der Waals surface area contributed by atoms with Crippen molar-refractivity contribution in [3.8, 4) is 46.4 Å². The Hall–Kier alpha value is -7.14. The quantitative estimate of drug-likeness (QED) is 0.0626. The molecule has 0 bridgehead atoms. The summed E-state index contributed by atoms with van der Waals surface area (Å²) in [6, 6.07) is 48.7. The van der Waals surface area contributed by atoms with Gasteiger partial charge in [-0.2, -0.15) is 0 Å². The van der Waals surface area contributed by atoms with Gasteiger partial charge in [0.15, 0.2) is 0 Å². The average molecular weight is 1590 g/mol. The van der Waals surface area contributed by atoms with Crippen molar-refractivity contribution in [1.29, 1.82) is 0 Å².